The van der Waals surface area contributed by atoms with Gasteiger partial charge in [0.25, 0.3) is 0 Å². The highest BCUT2D eigenvalue weighted by atomic mass is 14.7. The Morgan fingerprint density at radius 2 is 2.31 bits per heavy atom. The lowest BCUT2D eigenvalue weighted by Gasteiger charge is -1.93. The van der Waals surface area contributed by atoms with Gasteiger partial charge in [-0.1, -0.05) is 6.92 Å². The summed E-state index contributed by atoms with van der Waals surface area (Å²) in [5.74, 6) is 0. The molecule has 0 aliphatic heterocycles. The minimum Gasteiger partial charge on any atom is -0.361 e. The number of benzene rings is 1. The molecule has 0 atom stereocenters. The van der Waals surface area contributed by atoms with E-state index < -0.39 is 0 Å². The van der Waals surface area contributed by atoms with Gasteiger partial charge in [0.2, 0.25) is 0 Å². The predicted molar refractivity (Wildman–Crippen MR) is 52.4 cm³/mol. The van der Waals surface area contributed by atoms with Gasteiger partial charge in [0.1, 0.15) is 0 Å². The summed E-state index contributed by atoms with van der Waals surface area (Å²) in [4.78, 5) is 3.18. The van der Waals surface area contributed by atoms with E-state index in [0.29, 0.717) is 0 Å². The van der Waals surface area contributed by atoms with Crippen LogP contribution in [0.15, 0.2) is 24.4 Å². The molecule has 13 heavy (non-hydrogen) atoms. The molecule has 0 fully saturated rings. The van der Waals surface area contributed by atoms with E-state index in [4.69, 9.17) is 5.26 Å². The van der Waals surface area contributed by atoms with E-state index in [-0.39, 0.29) is 0 Å². The Bertz CT molecular complexity index is 474. The van der Waals surface area contributed by atoms with Gasteiger partial charge in [0.15, 0.2) is 0 Å². The second kappa shape index (κ2) is 2.95. The number of fused-ring (bicyclic) bond motifs is 1. The lowest BCUT2D eigenvalue weighted by molar-refractivity contribution is 1.15. The van der Waals surface area contributed by atoms with Gasteiger partial charge in [-0.05, 0) is 30.2 Å². The van der Waals surface area contributed by atoms with Crippen molar-refractivity contribution in [2.45, 2.75) is 13.3 Å². The molecule has 1 N–H and O–H groups in total. The molecule has 1 aromatic carbocycles. The zero-order chi connectivity index (χ0) is 9.26. The lowest BCUT2D eigenvalue weighted by atomic mass is 10.1. The molecule has 1 aromatic heterocycles. The van der Waals surface area contributed by atoms with E-state index in [2.05, 4.69) is 18.0 Å². The summed E-state index contributed by atoms with van der Waals surface area (Å²) < 4.78 is 0. The summed E-state index contributed by atoms with van der Waals surface area (Å²) in [7, 11) is 0. The molecule has 0 radical (unpaired) electrons. The molecule has 0 spiro atoms. The molecule has 64 valence electrons. The molecule has 2 aromatic rings. The van der Waals surface area contributed by atoms with Crippen LogP contribution in [0.25, 0.3) is 10.9 Å². The van der Waals surface area contributed by atoms with Crippen molar-refractivity contribution in [2.24, 2.45) is 0 Å². The fourth-order valence-corrected chi connectivity index (χ4v) is 1.54. The Kier molecular flexibility index (Phi) is 1.79. The number of hydrogen-bond acceptors (Lipinski definition) is 1. The lowest BCUT2D eigenvalue weighted by Crippen LogP contribution is -1.77. The van der Waals surface area contributed by atoms with Gasteiger partial charge in [-0.3, -0.25) is 0 Å². The summed E-state index contributed by atoms with van der Waals surface area (Å²) in [5, 5.41) is 9.91. The van der Waals surface area contributed by atoms with E-state index in [1.165, 1.54) is 10.9 Å². The first kappa shape index (κ1) is 7.88. The van der Waals surface area contributed by atoms with Crippen molar-refractivity contribution in [3.63, 3.8) is 0 Å². The standard InChI is InChI=1S/C11H10N2/c1-2-9-7-13-11-4-3-8(6-12)5-10(9)11/h3-5,7,13H,2H2,1H3. The summed E-state index contributed by atoms with van der Waals surface area (Å²) in [5.41, 5.74) is 3.10. The fourth-order valence-electron chi connectivity index (χ4n) is 1.54. The summed E-state index contributed by atoms with van der Waals surface area (Å²) in [6, 6.07) is 7.86. The monoisotopic (exact) mass is 170 g/mol. The number of aromatic amines is 1. The van der Waals surface area contributed by atoms with Crippen LogP contribution in [0.3, 0.4) is 0 Å². The molecule has 0 saturated heterocycles. The van der Waals surface area contributed by atoms with Crippen molar-refractivity contribution in [1.29, 1.82) is 5.26 Å². The van der Waals surface area contributed by atoms with Gasteiger partial charge in [0.05, 0.1) is 11.6 Å². The second-order valence-electron chi connectivity index (χ2n) is 3.04. The molecule has 2 nitrogen and oxygen atoms in total. The van der Waals surface area contributed by atoms with Crippen LogP contribution in [0.5, 0.6) is 0 Å². The third-order valence-corrected chi connectivity index (χ3v) is 2.28. The second-order valence-corrected chi connectivity index (χ2v) is 3.04. The van der Waals surface area contributed by atoms with Crippen LogP contribution in [0.4, 0.5) is 0 Å². The van der Waals surface area contributed by atoms with Crippen molar-refractivity contribution in [3.8, 4) is 6.07 Å². The van der Waals surface area contributed by atoms with Gasteiger partial charge in [-0.2, -0.15) is 5.26 Å². The van der Waals surface area contributed by atoms with Crippen LogP contribution < -0.4 is 0 Å². The molecule has 2 heteroatoms. The number of nitrogens with one attached hydrogen (secondary N) is 1. The molecule has 1 heterocycles. The SMILES string of the molecule is CCc1c[nH]c2ccc(C#N)cc12. The minimum absolute atomic E-state index is 0.724. The van der Waals surface area contributed by atoms with Gasteiger partial charge < -0.3 is 4.98 Å². The Morgan fingerprint density at radius 3 is 3.00 bits per heavy atom. The highest BCUT2D eigenvalue weighted by Crippen LogP contribution is 2.19. The van der Waals surface area contributed by atoms with Crippen LogP contribution >= 0.6 is 0 Å². The van der Waals surface area contributed by atoms with Gasteiger partial charge in [-0.25, -0.2) is 0 Å². The normalized spacial score (nSPS) is 10.2. The molecule has 0 saturated carbocycles. The highest BCUT2D eigenvalue weighted by Gasteiger charge is 2.01. The van der Waals surface area contributed by atoms with Crippen molar-refractivity contribution in [1.82, 2.24) is 4.98 Å². The summed E-state index contributed by atoms with van der Waals surface area (Å²) in [6.45, 7) is 2.11. The van der Waals surface area contributed by atoms with E-state index in [0.717, 1.165) is 17.5 Å². The Hall–Kier alpha value is -1.75. The van der Waals surface area contributed by atoms with Crippen LogP contribution in [0.1, 0.15) is 18.1 Å². The number of H-pyrrole nitrogens is 1. The largest absolute Gasteiger partial charge is 0.361 e. The third-order valence-electron chi connectivity index (χ3n) is 2.28. The Labute approximate surface area is 76.8 Å². The maximum absolute atomic E-state index is 8.74. The number of aromatic nitrogens is 1. The maximum atomic E-state index is 8.74. The molecule has 0 aliphatic carbocycles. The number of hydrogen-bond donors (Lipinski definition) is 1. The molecular formula is C11H10N2. The molecule has 0 unspecified atom stereocenters. The number of rotatable bonds is 1. The maximum Gasteiger partial charge on any atom is 0.0991 e. The average Bonchev–Trinajstić information content (AvgIpc) is 2.59. The molecule has 0 bridgehead atoms. The smallest absolute Gasteiger partial charge is 0.0991 e. The first-order chi connectivity index (χ1) is 6.35. The van der Waals surface area contributed by atoms with Crippen LogP contribution in [0.2, 0.25) is 0 Å². The van der Waals surface area contributed by atoms with Crippen molar-refractivity contribution < 1.29 is 0 Å². The van der Waals surface area contributed by atoms with Crippen molar-refractivity contribution in [3.05, 3.63) is 35.5 Å². The van der Waals surface area contributed by atoms with Crippen molar-refractivity contribution >= 4 is 10.9 Å². The van der Waals surface area contributed by atoms with E-state index in [1.54, 1.807) is 0 Å². The van der Waals surface area contributed by atoms with Gasteiger partial charge in [0, 0.05) is 17.1 Å². The average molecular weight is 170 g/mol. The highest BCUT2D eigenvalue weighted by molar-refractivity contribution is 5.84. The first-order valence-electron chi connectivity index (χ1n) is 4.35. The summed E-state index contributed by atoms with van der Waals surface area (Å²) in [6.07, 6.45) is 3.00. The third kappa shape index (κ3) is 1.19. The summed E-state index contributed by atoms with van der Waals surface area (Å²) >= 11 is 0. The number of nitriles is 1. The molecular weight excluding hydrogens is 160 g/mol. The van der Waals surface area contributed by atoms with Crippen molar-refractivity contribution in [2.75, 3.05) is 0 Å². The van der Waals surface area contributed by atoms with Gasteiger partial charge >= 0.3 is 0 Å². The zero-order valence-electron chi connectivity index (χ0n) is 7.46. The molecule has 0 aliphatic rings. The topological polar surface area (TPSA) is 39.6 Å². The fraction of sp³-hybridized carbons (Fsp3) is 0.182. The minimum atomic E-state index is 0.724. The van der Waals surface area contributed by atoms with Crippen LogP contribution in [-0.2, 0) is 6.42 Å². The molecule has 2 rings (SSSR count). The number of aryl methyl sites for hydroxylation is 1. The van der Waals surface area contributed by atoms with Gasteiger partial charge in [-0.15, -0.1) is 0 Å². The van der Waals surface area contributed by atoms with Crippen LogP contribution in [0, 0.1) is 11.3 Å². The van der Waals surface area contributed by atoms with E-state index in [1.807, 2.05) is 24.4 Å². The van der Waals surface area contributed by atoms with E-state index >= 15 is 0 Å². The van der Waals surface area contributed by atoms with Crippen LogP contribution in [-0.4, -0.2) is 4.98 Å². The predicted octanol–water partition coefficient (Wildman–Crippen LogP) is 2.60. The zero-order valence-corrected chi connectivity index (χ0v) is 7.46. The first-order valence-corrected chi connectivity index (χ1v) is 4.35. The Morgan fingerprint density at radius 1 is 1.46 bits per heavy atom. The Balaban J connectivity index is 2.73. The quantitative estimate of drug-likeness (QED) is 0.702. The number of nitrogens with zero attached hydrogens (tertiary/aromatic N) is 1. The van der Waals surface area contributed by atoms with E-state index in [9.17, 15) is 0 Å². The molecule has 0 amide bonds.